The molecule has 2 aromatic rings. The minimum Gasteiger partial charge on any atom is -0.381 e. The molecule has 5 heteroatoms. The van der Waals surface area contributed by atoms with Crippen LogP contribution in [0.4, 0.5) is 5.82 Å². The van der Waals surface area contributed by atoms with Crippen LogP contribution in [-0.4, -0.2) is 29.7 Å². The number of hydrogen-bond donors (Lipinski definition) is 1. The van der Waals surface area contributed by atoms with E-state index in [1.807, 2.05) is 7.11 Å². The van der Waals surface area contributed by atoms with Gasteiger partial charge in [0.15, 0.2) is 0 Å². The molecule has 4 nitrogen and oxygen atoms in total. The molecule has 2 unspecified atom stereocenters. The van der Waals surface area contributed by atoms with Crippen molar-refractivity contribution < 1.29 is 4.74 Å². The van der Waals surface area contributed by atoms with Gasteiger partial charge in [0.05, 0.1) is 6.10 Å². The zero-order chi connectivity index (χ0) is 15.4. The van der Waals surface area contributed by atoms with Crippen LogP contribution in [0.3, 0.4) is 0 Å². The Bertz CT molecular complexity index is 635. The SMILES string of the molecule is COC1Cc2ccccc2CC1CCNc1cc(Cl)ncn1. The van der Waals surface area contributed by atoms with Crippen LogP contribution in [-0.2, 0) is 17.6 Å². The van der Waals surface area contributed by atoms with Crippen molar-refractivity contribution in [2.75, 3.05) is 19.0 Å². The van der Waals surface area contributed by atoms with Gasteiger partial charge in [-0.25, -0.2) is 9.97 Å². The number of fused-ring (bicyclic) bond motifs is 1. The number of ether oxygens (including phenoxy) is 1. The Balaban J connectivity index is 1.60. The standard InChI is InChI=1S/C17H20ClN3O/c1-22-15-9-13-5-3-2-4-12(13)8-14(15)6-7-19-17-10-16(18)20-11-21-17/h2-5,10-11,14-15H,6-9H2,1H3,(H,19,20,21). The summed E-state index contributed by atoms with van der Waals surface area (Å²) in [6, 6.07) is 10.4. The summed E-state index contributed by atoms with van der Waals surface area (Å²) in [5, 5.41) is 3.77. The third-order valence-corrected chi connectivity index (χ3v) is 4.51. The largest absolute Gasteiger partial charge is 0.381 e. The summed E-state index contributed by atoms with van der Waals surface area (Å²) in [4.78, 5) is 8.04. The van der Waals surface area contributed by atoms with Crippen LogP contribution in [0.15, 0.2) is 36.7 Å². The predicted octanol–water partition coefficient (Wildman–Crippen LogP) is 3.36. The van der Waals surface area contributed by atoms with Crippen molar-refractivity contribution in [1.29, 1.82) is 0 Å². The van der Waals surface area contributed by atoms with E-state index in [9.17, 15) is 0 Å². The summed E-state index contributed by atoms with van der Waals surface area (Å²) >= 11 is 5.86. The number of nitrogens with one attached hydrogen (secondary N) is 1. The number of nitrogens with zero attached hydrogens (tertiary/aromatic N) is 2. The molecule has 0 spiro atoms. The Morgan fingerprint density at radius 2 is 2.00 bits per heavy atom. The third kappa shape index (κ3) is 3.57. The Hall–Kier alpha value is -1.65. The Morgan fingerprint density at radius 1 is 1.23 bits per heavy atom. The van der Waals surface area contributed by atoms with E-state index in [0.29, 0.717) is 11.1 Å². The average molecular weight is 318 g/mol. The Labute approximate surface area is 135 Å². The van der Waals surface area contributed by atoms with Gasteiger partial charge in [0.25, 0.3) is 0 Å². The lowest BCUT2D eigenvalue weighted by Crippen LogP contribution is -2.33. The highest BCUT2D eigenvalue weighted by atomic mass is 35.5. The first-order chi connectivity index (χ1) is 10.8. The summed E-state index contributed by atoms with van der Waals surface area (Å²) < 4.78 is 5.71. The molecule has 116 valence electrons. The maximum absolute atomic E-state index is 5.86. The second kappa shape index (κ2) is 7.07. The van der Waals surface area contributed by atoms with Gasteiger partial charge in [-0.3, -0.25) is 0 Å². The number of hydrogen-bond acceptors (Lipinski definition) is 4. The van der Waals surface area contributed by atoms with E-state index in [1.54, 1.807) is 6.07 Å². The van der Waals surface area contributed by atoms with Crippen LogP contribution in [0, 0.1) is 5.92 Å². The van der Waals surface area contributed by atoms with Crippen LogP contribution in [0.25, 0.3) is 0 Å². The first-order valence-electron chi connectivity index (χ1n) is 7.57. The fraction of sp³-hybridized carbons (Fsp3) is 0.412. The van der Waals surface area contributed by atoms with Crippen molar-refractivity contribution in [2.45, 2.75) is 25.4 Å². The summed E-state index contributed by atoms with van der Waals surface area (Å²) in [5.41, 5.74) is 2.87. The Kier molecular flexibility index (Phi) is 4.90. The molecule has 2 atom stereocenters. The zero-order valence-electron chi connectivity index (χ0n) is 12.6. The van der Waals surface area contributed by atoms with E-state index in [0.717, 1.165) is 31.6 Å². The quantitative estimate of drug-likeness (QED) is 0.859. The third-order valence-electron chi connectivity index (χ3n) is 4.31. The van der Waals surface area contributed by atoms with Gasteiger partial charge in [-0.2, -0.15) is 0 Å². The Morgan fingerprint density at radius 3 is 2.73 bits per heavy atom. The monoisotopic (exact) mass is 317 g/mol. The van der Waals surface area contributed by atoms with Gasteiger partial charge in [-0.15, -0.1) is 0 Å². The van der Waals surface area contributed by atoms with E-state index in [1.165, 1.54) is 17.5 Å². The highest BCUT2D eigenvalue weighted by Crippen LogP contribution is 2.29. The van der Waals surface area contributed by atoms with Crippen molar-refractivity contribution in [3.63, 3.8) is 0 Å². The lowest BCUT2D eigenvalue weighted by atomic mass is 9.80. The molecule has 1 aromatic heterocycles. The molecule has 0 radical (unpaired) electrons. The lowest BCUT2D eigenvalue weighted by Gasteiger charge is -2.32. The lowest BCUT2D eigenvalue weighted by molar-refractivity contribution is 0.0441. The van der Waals surface area contributed by atoms with E-state index in [2.05, 4.69) is 39.6 Å². The van der Waals surface area contributed by atoms with Crippen molar-refractivity contribution in [3.8, 4) is 0 Å². The van der Waals surface area contributed by atoms with Gasteiger partial charge >= 0.3 is 0 Å². The summed E-state index contributed by atoms with van der Waals surface area (Å²) in [6.45, 7) is 0.847. The first-order valence-corrected chi connectivity index (χ1v) is 7.95. The second-order valence-electron chi connectivity index (χ2n) is 5.65. The van der Waals surface area contributed by atoms with Gasteiger partial charge < -0.3 is 10.1 Å². The van der Waals surface area contributed by atoms with Crippen LogP contribution >= 0.6 is 11.6 Å². The molecular weight excluding hydrogens is 298 g/mol. The van der Waals surface area contributed by atoms with Gasteiger partial charge in [-0.1, -0.05) is 35.9 Å². The second-order valence-corrected chi connectivity index (χ2v) is 6.04. The average Bonchev–Trinajstić information content (AvgIpc) is 2.54. The molecule has 1 N–H and O–H groups in total. The number of methoxy groups -OCH3 is 1. The van der Waals surface area contributed by atoms with Crippen LogP contribution < -0.4 is 5.32 Å². The molecule has 0 aliphatic heterocycles. The molecule has 0 fully saturated rings. The summed E-state index contributed by atoms with van der Waals surface area (Å²) in [7, 11) is 1.81. The molecule has 0 amide bonds. The molecule has 3 rings (SSSR count). The maximum Gasteiger partial charge on any atom is 0.134 e. The van der Waals surface area contributed by atoms with Gasteiger partial charge in [0.2, 0.25) is 0 Å². The molecule has 1 aromatic carbocycles. The van der Waals surface area contributed by atoms with E-state index in [-0.39, 0.29) is 6.10 Å². The number of halogens is 1. The first kappa shape index (κ1) is 15.3. The molecular formula is C17H20ClN3O. The highest BCUT2D eigenvalue weighted by Gasteiger charge is 2.27. The normalized spacial score (nSPS) is 20.5. The summed E-state index contributed by atoms with van der Waals surface area (Å²) in [6.07, 6.45) is 4.86. The highest BCUT2D eigenvalue weighted by molar-refractivity contribution is 6.29. The maximum atomic E-state index is 5.86. The minimum atomic E-state index is 0.283. The van der Waals surface area contributed by atoms with Crippen molar-refractivity contribution in [1.82, 2.24) is 9.97 Å². The van der Waals surface area contributed by atoms with E-state index < -0.39 is 0 Å². The molecule has 0 saturated carbocycles. The predicted molar refractivity (Wildman–Crippen MR) is 88.3 cm³/mol. The van der Waals surface area contributed by atoms with Crippen LogP contribution in [0.1, 0.15) is 17.5 Å². The number of rotatable bonds is 5. The molecule has 0 bridgehead atoms. The van der Waals surface area contributed by atoms with Crippen molar-refractivity contribution in [3.05, 3.63) is 52.9 Å². The smallest absolute Gasteiger partial charge is 0.134 e. The van der Waals surface area contributed by atoms with Crippen LogP contribution in [0.2, 0.25) is 5.15 Å². The van der Waals surface area contributed by atoms with E-state index >= 15 is 0 Å². The number of anilines is 1. The van der Waals surface area contributed by atoms with Crippen LogP contribution in [0.5, 0.6) is 0 Å². The van der Waals surface area contributed by atoms with E-state index in [4.69, 9.17) is 16.3 Å². The summed E-state index contributed by atoms with van der Waals surface area (Å²) in [5.74, 6) is 1.29. The van der Waals surface area contributed by atoms with Gasteiger partial charge in [0, 0.05) is 19.7 Å². The number of aromatic nitrogens is 2. The number of benzene rings is 1. The molecule has 1 aliphatic carbocycles. The van der Waals surface area contributed by atoms with Crippen molar-refractivity contribution in [2.24, 2.45) is 5.92 Å². The van der Waals surface area contributed by atoms with Crippen molar-refractivity contribution >= 4 is 17.4 Å². The van der Waals surface area contributed by atoms with Gasteiger partial charge in [-0.05, 0) is 36.3 Å². The molecule has 0 saturated heterocycles. The fourth-order valence-corrected chi connectivity index (χ4v) is 3.28. The molecule has 1 heterocycles. The fourth-order valence-electron chi connectivity index (χ4n) is 3.13. The molecule has 1 aliphatic rings. The van der Waals surface area contributed by atoms with Gasteiger partial charge in [0.1, 0.15) is 17.3 Å². The minimum absolute atomic E-state index is 0.283. The molecule has 22 heavy (non-hydrogen) atoms. The topological polar surface area (TPSA) is 47.0 Å². The zero-order valence-corrected chi connectivity index (χ0v) is 13.4.